The number of nitrogens with one attached hydrogen (secondary N) is 1. The molecule has 2 unspecified atom stereocenters. The Labute approximate surface area is 247 Å². The van der Waals surface area contributed by atoms with Gasteiger partial charge in [-0.05, 0) is 62.6 Å². The highest BCUT2D eigenvalue weighted by molar-refractivity contribution is 7.92. The van der Waals surface area contributed by atoms with Crippen LogP contribution in [0, 0.1) is 6.92 Å². The van der Waals surface area contributed by atoms with E-state index < -0.39 is 28.5 Å². The third kappa shape index (κ3) is 7.77. The molecule has 3 aromatic carbocycles. The van der Waals surface area contributed by atoms with Crippen LogP contribution in [0.5, 0.6) is 0 Å². The van der Waals surface area contributed by atoms with Gasteiger partial charge in [-0.2, -0.15) is 0 Å². The van der Waals surface area contributed by atoms with Gasteiger partial charge in [0.2, 0.25) is 11.8 Å². The molecule has 10 heteroatoms. The molecule has 0 heterocycles. The quantitative estimate of drug-likeness (QED) is 0.266. The van der Waals surface area contributed by atoms with Gasteiger partial charge in [-0.25, -0.2) is 8.42 Å². The lowest BCUT2D eigenvalue weighted by molar-refractivity contribution is -0.140. The minimum atomic E-state index is -4.23. The molecule has 0 saturated carbocycles. The van der Waals surface area contributed by atoms with Gasteiger partial charge in [-0.15, -0.1) is 0 Å². The number of amides is 2. The molecule has 0 aliphatic heterocycles. The molecule has 2 amide bonds. The SMILES string of the molecule is CCC(C)NC(=O)C(CC)N(Cc1ccc(C)cc1)C(=O)CN(c1cc(Cl)ccc1Cl)S(=O)(=O)c1ccccc1. The number of carbonyl (C=O) groups excluding carboxylic acids is 2. The van der Waals surface area contributed by atoms with Crippen LogP contribution in [0.15, 0.2) is 77.7 Å². The predicted octanol–water partition coefficient (Wildman–Crippen LogP) is 6.22. The second-order valence-electron chi connectivity index (χ2n) is 9.67. The van der Waals surface area contributed by atoms with E-state index in [2.05, 4.69) is 5.32 Å². The standard InChI is InChI=1S/C30H35Cl2N3O4S/c1-5-22(4)33-30(37)27(6-2)34(19-23-14-12-21(3)13-15-23)29(36)20-35(28-18-24(31)16-17-26(28)32)40(38,39)25-10-8-7-9-11-25/h7-18,22,27H,5-6,19-20H2,1-4H3,(H,33,37). The molecular weight excluding hydrogens is 569 g/mol. The summed E-state index contributed by atoms with van der Waals surface area (Å²) >= 11 is 12.7. The Morgan fingerprint density at radius 2 is 1.57 bits per heavy atom. The van der Waals surface area contributed by atoms with Crippen molar-refractivity contribution >= 4 is 50.7 Å². The summed E-state index contributed by atoms with van der Waals surface area (Å²) in [5.74, 6) is -0.849. The molecule has 7 nitrogen and oxygen atoms in total. The van der Waals surface area contributed by atoms with Crippen LogP contribution in [-0.4, -0.2) is 43.8 Å². The number of carbonyl (C=O) groups is 2. The third-order valence-corrected chi connectivity index (χ3v) is 8.98. The van der Waals surface area contributed by atoms with Gasteiger partial charge in [0.1, 0.15) is 12.6 Å². The van der Waals surface area contributed by atoms with Gasteiger partial charge in [0.25, 0.3) is 10.0 Å². The largest absolute Gasteiger partial charge is 0.352 e. The van der Waals surface area contributed by atoms with Crippen molar-refractivity contribution in [2.75, 3.05) is 10.8 Å². The van der Waals surface area contributed by atoms with E-state index in [0.717, 1.165) is 21.9 Å². The molecule has 3 rings (SSSR count). The molecule has 0 aliphatic carbocycles. The van der Waals surface area contributed by atoms with Crippen LogP contribution in [0.4, 0.5) is 5.69 Å². The molecule has 0 aromatic heterocycles. The first-order chi connectivity index (χ1) is 19.0. The summed E-state index contributed by atoms with van der Waals surface area (Å²) in [5, 5.41) is 3.34. The van der Waals surface area contributed by atoms with Crippen molar-refractivity contribution in [3.05, 3.63) is 94.0 Å². The number of sulfonamides is 1. The minimum Gasteiger partial charge on any atom is -0.352 e. The summed E-state index contributed by atoms with van der Waals surface area (Å²) in [6, 6.07) is 19.0. The molecule has 214 valence electrons. The summed E-state index contributed by atoms with van der Waals surface area (Å²) in [6.07, 6.45) is 1.06. The number of halogens is 2. The number of anilines is 1. The van der Waals surface area contributed by atoms with E-state index in [-0.39, 0.29) is 39.1 Å². The predicted molar refractivity (Wildman–Crippen MR) is 161 cm³/mol. The number of hydrogen-bond acceptors (Lipinski definition) is 4. The van der Waals surface area contributed by atoms with Gasteiger partial charge >= 0.3 is 0 Å². The van der Waals surface area contributed by atoms with Crippen LogP contribution in [0.25, 0.3) is 0 Å². The Morgan fingerprint density at radius 1 is 0.925 bits per heavy atom. The van der Waals surface area contributed by atoms with Crippen molar-refractivity contribution in [3.63, 3.8) is 0 Å². The van der Waals surface area contributed by atoms with E-state index in [9.17, 15) is 18.0 Å². The topological polar surface area (TPSA) is 86.8 Å². The fourth-order valence-electron chi connectivity index (χ4n) is 4.16. The molecule has 3 aromatic rings. The van der Waals surface area contributed by atoms with Crippen molar-refractivity contribution in [1.29, 1.82) is 0 Å². The van der Waals surface area contributed by atoms with Gasteiger partial charge in [0, 0.05) is 17.6 Å². The smallest absolute Gasteiger partial charge is 0.264 e. The summed E-state index contributed by atoms with van der Waals surface area (Å²) in [7, 11) is -4.23. The van der Waals surface area contributed by atoms with E-state index >= 15 is 0 Å². The first-order valence-corrected chi connectivity index (χ1v) is 15.4. The fourth-order valence-corrected chi connectivity index (χ4v) is 6.04. The molecule has 2 atom stereocenters. The molecule has 0 saturated heterocycles. The first-order valence-electron chi connectivity index (χ1n) is 13.2. The summed E-state index contributed by atoms with van der Waals surface area (Å²) in [5.41, 5.74) is 1.93. The van der Waals surface area contributed by atoms with Crippen molar-refractivity contribution in [2.45, 2.75) is 64.1 Å². The molecule has 0 fully saturated rings. The van der Waals surface area contributed by atoms with E-state index in [1.54, 1.807) is 24.3 Å². The normalized spacial score (nSPS) is 12.8. The zero-order valence-electron chi connectivity index (χ0n) is 23.1. The Balaban J connectivity index is 2.08. The van der Waals surface area contributed by atoms with Crippen molar-refractivity contribution < 1.29 is 18.0 Å². The Morgan fingerprint density at radius 3 is 2.17 bits per heavy atom. The van der Waals surface area contributed by atoms with E-state index in [1.165, 1.54) is 29.2 Å². The van der Waals surface area contributed by atoms with E-state index in [0.29, 0.717) is 6.42 Å². The Kier molecular flexibility index (Phi) is 11.0. The van der Waals surface area contributed by atoms with Gasteiger partial charge < -0.3 is 10.2 Å². The first kappa shape index (κ1) is 31.5. The lowest BCUT2D eigenvalue weighted by Gasteiger charge is -2.34. The van der Waals surface area contributed by atoms with Crippen molar-refractivity contribution in [2.24, 2.45) is 0 Å². The Hall–Kier alpha value is -3.07. The lowest BCUT2D eigenvalue weighted by Crippen LogP contribution is -2.53. The minimum absolute atomic E-state index is 0.00881. The number of hydrogen-bond donors (Lipinski definition) is 1. The summed E-state index contributed by atoms with van der Waals surface area (Å²) in [4.78, 5) is 28.9. The maximum absolute atomic E-state index is 14.1. The van der Waals surface area contributed by atoms with Crippen molar-refractivity contribution in [3.8, 4) is 0 Å². The summed E-state index contributed by atoms with van der Waals surface area (Å²) in [6.45, 7) is 7.17. The fraction of sp³-hybridized carbons (Fsp3) is 0.333. The maximum atomic E-state index is 14.1. The molecule has 0 aliphatic rings. The number of aryl methyl sites for hydroxylation is 1. The van der Waals surface area contributed by atoms with Crippen LogP contribution in [0.3, 0.4) is 0 Å². The zero-order chi connectivity index (χ0) is 29.4. The Bertz CT molecular complexity index is 1420. The van der Waals surface area contributed by atoms with Gasteiger partial charge in [-0.3, -0.25) is 13.9 Å². The zero-order valence-corrected chi connectivity index (χ0v) is 25.4. The third-order valence-electron chi connectivity index (χ3n) is 6.65. The second kappa shape index (κ2) is 14.0. The van der Waals surface area contributed by atoms with Crippen LogP contribution in [0.2, 0.25) is 10.0 Å². The second-order valence-corrected chi connectivity index (χ2v) is 12.4. The maximum Gasteiger partial charge on any atom is 0.264 e. The van der Waals surface area contributed by atoms with E-state index in [4.69, 9.17) is 23.2 Å². The molecule has 0 bridgehead atoms. The van der Waals surface area contributed by atoms with Gasteiger partial charge in [0.05, 0.1) is 15.6 Å². The number of nitrogens with zero attached hydrogens (tertiary/aromatic N) is 2. The molecule has 0 radical (unpaired) electrons. The lowest BCUT2D eigenvalue weighted by atomic mass is 10.1. The highest BCUT2D eigenvalue weighted by atomic mass is 35.5. The van der Waals surface area contributed by atoms with Gasteiger partial charge in [0.15, 0.2) is 0 Å². The molecule has 1 N–H and O–H groups in total. The van der Waals surface area contributed by atoms with Crippen LogP contribution in [0.1, 0.15) is 44.7 Å². The molecule has 40 heavy (non-hydrogen) atoms. The van der Waals surface area contributed by atoms with Crippen LogP contribution >= 0.6 is 23.2 Å². The van der Waals surface area contributed by atoms with Crippen LogP contribution in [-0.2, 0) is 26.2 Å². The van der Waals surface area contributed by atoms with Crippen molar-refractivity contribution in [1.82, 2.24) is 10.2 Å². The van der Waals surface area contributed by atoms with Crippen LogP contribution < -0.4 is 9.62 Å². The van der Waals surface area contributed by atoms with E-state index in [1.807, 2.05) is 52.0 Å². The number of rotatable bonds is 12. The van der Waals surface area contributed by atoms with Gasteiger partial charge in [-0.1, -0.05) is 85.1 Å². The average molecular weight is 605 g/mol. The molecule has 0 spiro atoms. The molecular formula is C30H35Cl2N3O4S. The highest BCUT2D eigenvalue weighted by Crippen LogP contribution is 2.33. The highest BCUT2D eigenvalue weighted by Gasteiger charge is 2.34. The average Bonchev–Trinajstić information content (AvgIpc) is 2.94. The summed E-state index contributed by atoms with van der Waals surface area (Å²) < 4.78 is 28.7. The number of benzene rings is 3. The monoisotopic (exact) mass is 603 g/mol.